The van der Waals surface area contributed by atoms with Crippen LogP contribution < -0.4 is 4.74 Å². The Morgan fingerprint density at radius 1 is 1.19 bits per heavy atom. The summed E-state index contributed by atoms with van der Waals surface area (Å²) in [6, 6.07) is 6.11. The highest BCUT2D eigenvalue weighted by molar-refractivity contribution is 5.77. The topological polar surface area (TPSA) is 29.5 Å². The molecule has 1 aromatic rings. The summed E-state index contributed by atoms with van der Waals surface area (Å²) in [6.07, 6.45) is 4.71. The van der Waals surface area contributed by atoms with Crippen LogP contribution in [0.4, 0.5) is 0 Å². The van der Waals surface area contributed by atoms with Crippen LogP contribution in [0.1, 0.15) is 56.6 Å². The van der Waals surface area contributed by atoms with Crippen LogP contribution >= 0.6 is 0 Å². The molecule has 116 valence electrons. The summed E-state index contributed by atoms with van der Waals surface area (Å²) in [4.78, 5) is 14.1. The molecule has 1 fully saturated rings. The molecule has 1 aliphatic heterocycles. The highest BCUT2D eigenvalue weighted by Gasteiger charge is 2.16. The van der Waals surface area contributed by atoms with E-state index in [1.807, 2.05) is 17.0 Å². The van der Waals surface area contributed by atoms with Crippen LogP contribution in [-0.2, 0) is 4.79 Å². The van der Waals surface area contributed by atoms with Crippen molar-refractivity contribution < 1.29 is 9.53 Å². The number of hydrogen-bond donors (Lipinski definition) is 0. The van der Waals surface area contributed by atoms with Crippen LogP contribution in [0.2, 0.25) is 0 Å². The van der Waals surface area contributed by atoms with Gasteiger partial charge in [-0.2, -0.15) is 0 Å². The van der Waals surface area contributed by atoms with E-state index >= 15 is 0 Å². The zero-order chi connectivity index (χ0) is 15.2. The fraction of sp³-hybridized carbons (Fsp3) is 0.611. The Bertz CT molecular complexity index is 474. The van der Waals surface area contributed by atoms with Crippen LogP contribution in [0.15, 0.2) is 18.2 Å². The fourth-order valence-electron chi connectivity index (χ4n) is 2.94. The average molecular weight is 289 g/mol. The molecule has 0 spiro atoms. The minimum atomic E-state index is 0.113. The lowest BCUT2D eigenvalue weighted by Gasteiger charge is -2.20. The standard InChI is InChI=1S/C18H27NO2/c1-14(2)17-9-8-16(12-15(17)3)21-13-18(20)19-10-6-4-5-7-11-19/h8-9,12,14H,4-7,10-11,13H2,1-3H3. The van der Waals surface area contributed by atoms with Crippen LogP contribution in [-0.4, -0.2) is 30.5 Å². The molecule has 0 saturated carbocycles. The van der Waals surface area contributed by atoms with E-state index in [0.717, 1.165) is 31.7 Å². The number of ether oxygens (including phenoxy) is 1. The molecule has 0 N–H and O–H groups in total. The molecule has 21 heavy (non-hydrogen) atoms. The molecule has 1 heterocycles. The van der Waals surface area contributed by atoms with E-state index < -0.39 is 0 Å². The number of carbonyl (C=O) groups excluding carboxylic acids is 1. The molecule has 1 aromatic carbocycles. The van der Waals surface area contributed by atoms with Crippen molar-refractivity contribution in [1.82, 2.24) is 4.90 Å². The number of carbonyl (C=O) groups is 1. The molecule has 3 heteroatoms. The third kappa shape index (κ3) is 4.48. The van der Waals surface area contributed by atoms with Gasteiger partial charge in [-0.3, -0.25) is 4.79 Å². The van der Waals surface area contributed by atoms with Crippen molar-refractivity contribution in [2.45, 2.75) is 52.4 Å². The van der Waals surface area contributed by atoms with E-state index in [2.05, 4.69) is 26.8 Å². The van der Waals surface area contributed by atoms with E-state index in [0.29, 0.717) is 5.92 Å². The third-order valence-electron chi connectivity index (χ3n) is 4.18. The predicted molar refractivity (Wildman–Crippen MR) is 85.8 cm³/mol. The van der Waals surface area contributed by atoms with Crippen molar-refractivity contribution in [2.24, 2.45) is 0 Å². The van der Waals surface area contributed by atoms with Crippen molar-refractivity contribution in [3.8, 4) is 5.75 Å². The molecule has 0 unspecified atom stereocenters. The Morgan fingerprint density at radius 3 is 2.43 bits per heavy atom. The quantitative estimate of drug-likeness (QED) is 0.841. The highest BCUT2D eigenvalue weighted by Crippen LogP contribution is 2.23. The van der Waals surface area contributed by atoms with Crippen molar-refractivity contribution in [3.63, 3.8) is 0 Å². The average Bonchev–Trinajstić information content (AvgIpc) is 2.73. The van der Waals surface area contributed by atoms with Crippen LogP contribution in [0, 0.1) is 6.92 Å². The van der Waals surface area contributed by atoms with E-state index in [-0.39, 0.29) is 12.5 Å². The first-order valence-electron chi connectivity index (χ1n) is 8.09. The number of amides is 1. The maximum Gasteiger partial charge on any atom is 0.260 e. The lowest BCUT2D eigenvalue weighted by molar-refractivity contribution is -0.133. The summed E-state index contributed by atoms with van der Waals surface area (Å²) < 4.78 is 5.69. The van der Waals surface area contributed by atoms with E-state index in [9.17, 15) is 4.79 Å². The Kier molecular flexibility index (Phi) is 5.66. The summed E-state index contributed by atoms with van der Waals surface area (Å²) in [5.41, 5.74) is 2.56. The first kappa shape index (κ1) is 15.9. The molecule has 1 amide bonds. The molecule has 2 rings (SSSR count). The summed E-state index contributed by atoms with van der Waals surface area (Å²) in [5, 5.41) is 0. The van der Waals surface area contributed by atoms with Crippen molar-refractivity contribution in [2.75, 3.05) is 19.7 Å². The number of likely N-dealkylation sites (tertiary alicyclic amines) is 1. The fourth-order valence-corrected chi connectivity index (χ4v) is 2.94. The highest BCUT2D eigenvalue weighted by atomic mass is 16.5. The van der Waals surface area contributed by atoms with E-state index in [4.69, 9.17) is 4.74 Å². The van der Waals surface area contributed by atoms with Gasteiger partial charge in [-0.1, -0.05) is 32.8 Å². The van der Waals surface area contributed by atoms with Crippen molar-refractivity contribution >= 4 is 5.91 Å². The molecule has 0 radical (unpaired) electrons. The molecule has 3 nitrogen and oxygen atoms in total. The van der Waals surface area contributed by atoms with Gasteiger partial charge in [0.1, 0.15) is 5.75 Å². The van der Waals surface area contributed by atoms with Gasteiger partial charge in [0.05, 0.1) is 0 Å². The number of rotatable bonds is 4. The lowest BCUT2D eigenvalue weighted by atomic mass is 9.98. The maximum atomic E-state index is 12.2. The molecular formula is C18H27NO2. The van der Waals surface area contributed by atoms with Gasteiger partial charge < -0.3 is 9.64 Å². The maximum absolute atomic E-state index is 12.2. The number of benzene rings is 1. The molecule has 0 atom stereocenters. The minimum Gasteiger partial charge on any atom is -0.484 e. The summed E-state index contributed by atoms with van der Waals surface area (Å²) >= 11 is 0. The monoisotopic (exact) mass is 289 g/mol. The van der Waals surface area contributed by atoms with Crippen LogP contribution in [0.25, 0.3) is 0 Å². The Balaban J connectivity index is 1.90. The molecule has 0 aliphatic carbocycles. The van der Waals surface area contributed by atoms with Gasteiger partial charge in [-0.05, 0) is 48.9 Å². The van der Waals surface area contributed by atoms with Crippen molar-refractivity contribution in [3.05, 3.63) is 29.3 Å². The Morgan fingerprint density at radius 2 is 1.86 bits per heavy atom. The zero-order valence-corrected chi connectivity index (χ0v) is 13.5. The second-order valence-corrected chi connectivity index (χ2v) is 6.26. The minimum absolute atomic E-state index is 0.113. The van der Waals surface area contributed by atoms with Gasteiger partial charge in [-0.25, -0.2) is 0 Å². The second-order valence-electron chi connectivity index (χ2n) is 6.26. The smallest absolute Gasteiger partial charge is 0.260 e. The predicted octanol–water partition coefficient (Wildman–Crippen LogP) is 3.90. The lowest BCUT2D eigenvalue weighted by Crippen LogP contribution is -2.35. The van der Waals surface area contributed by atoms with E-state index in [1.54, 1.807) is 0 Å². The largest absolute Gasteiger partial charge is 0.484 e. The van der Waals surface area contributed by atoms with Crippen LogP contribution in [0.3, 0.4) is 0 Å². The molecule has 1 saturated heterocycles. The molecule has 0 aromatic heterocycles. The van der Waals surface area contributed by atoms with Gasteiger partial charge in [0.15, 0.2) is 6.61 Å². The number of aryl methyl sites for hydroxylation is 1. The normalized spacial score (nSPS) is 15.9. The second kappa shape index (κ2) is 7.48. The van der Waals surface area contributed by atoms with Crippen molar-refractivity contribution in [1.29, 1.82) is 0 Å². The number of hydrogen-bond acceptors (Lipinski definition) is 2. The first-order valence-corrected chi connectivity index (χ1v) is 8.09. The van der Waals surface area contributed by atoms with Gasteiger partial charge in [0, 0.05) is 13.1 Å². The number of nitrogens with zero attached hydrogens (tertiary/aromatic N) is 1. The van der Waals surface area contributed by atoms with Gasteiger partial charge in [-0.15, -0.1) is 0 Å². The van der Waals surface area contributed by atoms with Gasteiger partial charge in [0.25, 0.3) is 5.91 Å². The summed E-state index contributed by atoms with van der Waals surface area (Å²) in [6.45, 7) is 8.39. The zero-order valence-electron chi connectivity index (χ0n) is 13.5. The van der Waals surface area contributed by atoms with Gasteiger partial charge in [0.2, 0.25) is 0 Å². The van der Waals surface area contributed by atoms with E-state index in [1.165, 1.54) is 24.0 Å². The van der Waals surface area contributed by atoms with Crippen LogP contribution in [0.5, 0.6) is 5.75 Å². The molecular weight excluding hydrogens is 262 g/mol. The SMILES string of the molecule is Cc1cc(OCC(=O)N2CCCCCC2)ccc1C(C)C. The first-order chi connectivity index (χ1) is 10.1. The summed E-state index contributed by atoms with van der Waals surface area (Å²) in [5.74, 6) is 1.42. The third-order valence-corrected chi connectivity index (χ3v) is 4.18. The summed E-state index contributed by atoms with van der Waals surface area (Å²) in [7, 11) is 0. The van der Waals surface area contributed by atoms with Gasteiger partial charge >= 0.3 is 0 Å². The molecule has 1 aliphatic rings. The molecule has 0 bridgehead atoms. The Hall–Kier alpha value is -1.51. The Labute approximate surface area is 128 Å².